The van der Waals surface area contributed by atoms with Crippen molar-refractivity contribution in [2.75, 3.05) is 18.0 Å². The van der Waals surface area contributed by atoms with Crippen molar-refractivity contribution < 1.29 is 5.11 Å². The molecule has 0 aliphatic heterocycles. The standard InChI is InChI=1S/C19H23N3O/c1-4-22(16-7-5-6-14(2)10-16)12-19(23)15-8-9-18-17(11-15)20-13-21(18)3/h5-11,13,19,23H,4,12H2,1-3H3. The number of rotatable bonds is 5. The lowest BCUT2D eigenvalue weighted by Crippen LogP contribution is -2.28. The number of aryl methyl sites for hydroxylation is 2. The van der Waals surface area contributed by atoms with Gasteiger partial charge in [-0.2, -0.15) is 0 Å². The van der Waals surface area contributed by atoms with E-state index in [4.69, 9.17) is 0 Å². The van der Waals surface area contributed by atoms with E-state index < -0.39 is 6.10 Å². The Balaban J connectivity index is 1.81. The van der Waals surface area contributed by atoms with Gasteiger partial charge in [-0.3, -0.25) is 0 Å². The summed E-state index contributed by atoms with van der Waals surface area (Å²) in [5.74, 6) is 0. The van der Waals surface area contributed by atoms with Crippen LogP contribution in [0.5, 0.6) is 0 Å². The second kappa shape index (κ2) is 6.42. The van der Waals surface area contributed by atoms with Crippen LogP contribution in [-0.2, 0) is 7.05 Å². The first-order chi connectivity index (χ1) is 11.1. The fourth-order valence-electron chi connectivity index (χ4n) is 2.92. The minimum absolute atomic E-state index is 0.540. The molecule has 3 aromatic rings. The van der Waals surface area contributed by atoms with Crippen LogP contribution in [0.3, 0.4) is 0 Å². The molecule has 120 valence electrons. The van der Waals surface area contributed by atoms with Crippen molar-refractivity contribution in [3.05, 3.63) is 59.9 Å². The molecule has 0 bridgehead atoms. The number of nitrogens with zero attached hydrogens (tertiary/aromatic N) is 3. The molecule has 4 nitrogen and oxygen atoms in total. The fraction of sp³-hybridized carbons (Fsp3) is 0.316. The first-order valence-corrected chi connectivity index (χ1v) is 7.99. The zero-order valence-corrected chi connectivity index (χ0v) is 13.9. The van der Waals surface area contributed by atoms with Crippen LogP contribution in [-0.4, -0.2) is 27.7 Å². The topological polar surface area (TPSA) is 41.3 Å². The van der Waals surface area contributed by atoms with Gasteiger partial charge in [0.05, 0.1) is 23.5 Å². The van der Waals surface area contributed by atoms with Gasteiger partial charge in [0.25, 0.3) is 0 Å². The van der Waals surface area contributed by atoms with E-state index in [1.54, 1.807) is 6.33 Å². The molecule has 2 aromatic carbocycles. The summed E-state index contributed by atoms with van der Waals surface area (Å²) in [5, 5.41) is 10.6. The van der Waals surface area contributed by atoms with E-state index in [0.717, 1.165) is 28.8 Å². The van der Waals surface area contributed by atoms with Crippen molar-refractivity contribution in [2.45, 2.75) is 20.0 Å². The van der Waals surface area contributed by atoms with Gasteiger partial charge in [-0.15, -0.1) is 0 Å². The number of hydrogen-bond donors (Lipinski definition) is 1. The lowest BCUT2D eigenvalue weighted by molar-refractivity contribution is 0.184. The SMILES string of the molecule is CCN(CC(O)c1ccc2c(c1)ncn2C)c1cccc(C)c1. The molecule has 1 N–H and O–H groups in total. The second-order valence-electron chi connectivity index (χ2n) is 6.00. The minimum Gasteiger partial charge on any atom is -0.387 e. The lowest BCUT2D eigenvalue weighted by Gasteiger charge is -2.26. The summed E-state index contributed by atoms with van der Waals surface area (Å²) >= 11 is 0. The summed E-state index contributed by atoms with van der Waals surface area (Å²) in [6.07, 6.45) is 1.26. The van der Waals surface area contributed by atoms with Crippen LogP contribution in [0, 0.1) is 6.92 Å². The zero-order chi connectivity index (χ0) is 16.4. The first-order valence-electron chi connectivity index (χ1n) is 7.99. The number of aromatic nitrogens is 2. The van der Waals surface area contributed by atoms with Crippen molar-refractivity contribution in [2.24, 2.45) is 7.05 Å². The van der Waals surface area contributed by atoms with Gasteiger partial charge in [-0.25, -0.2) is 4.98 Å². The number of anilines is 1. The Morgan fingerprint density at radius 3 is 2.78 bits per heavy atom. The van der Waals surface area contributed by atoms with Gasteiger partial charge in [0.2, 0.25) is 0 Å². The molecule has 0 fully saturated rings. The molecule has 4 heteroatoms. The highest BCUT2D eigenvalue weighted by Gasteiger charge is 2.14. The second-order valence-corrected chi connectivity index (χ2v) is 6.00. The van der Waals surface area contributed by atoms with Gasteiger partial charge in [0.15, 0.2) is 0 Å². The molecule has 0 saturated heterocycles. The summed E-state index contributed by atoms with van der Waals surface area (Å²) in [6.45, 7) is 5.62. The molecule has 0 spiro atoms. The van der Waals surface area contributed by atoms with E-state index in [0.29, 0.717) is 6.54 Å². The Kier molecular flexibility index (Phi) is 4.35. The molecule has 1 atom stereocenters. The van der Waals surface area contributed by atoms with E-state index in [2.05, 4.69) is 48.0 Å². The van der Waals surface area contributed by atoms with Crippen LogP contribution in [0.25, 0.3) is 11.0 Å². The molecule has 0 aliphatic carbocycles. The van der Waals surface area contributed by atoms with E-state index in [1.807, 2.05) is 29.8 Å². The maximum Gasteiger partial charge on any atom is 0.0965 e. The van der Waals surface area contributed by atoms with Crippen LogP contribution in [0.15, 0.2) is 48.8 Å². The molecule has 23 heavy (non-hydrogen) atoms. The summed E-state index contributed by atoms with van der Waals surface area (Å²) in [4.78, 5) is 6.56. The Hall–Kier alpha value is -2.33. The van der Waals surface area contributed by atoms with Crippen molar-refractivity contribution in [1.29, 1.82) is 0 Å². The number of likely N-dealkylation sites (N-methyl/N-ethyl adjacent to an activating group) is 1. The van der Waals surface area contributed by atoms with Gasteiger partial charge in [-0.05, 0) is 49.2 Å². The van der Waals surface area contributed by atoms with Crippen LogP contribution in [0.1, 0.15) is 24.2 Å². The smallest absolute Gasteiger partial charge is 0.0965 e. The van der Waals surface area contributed by atoms with Crippen LogP contribution in [0.2, 0.25) is 0 Å². The summed E-state index contributed by atoms with van der Waals surface area (Å²) in [7, 11) is 1.97. The molecule has 0 amide bonds. The zero-order valence-electron chi connectivity index (χ0n) is 13.9. The van der Waals surface area contributed by atoms with Crippen LogP contribution >= 0.6 is 0 Å². The third-order valence-electron chi connectivity index (χ3n) is 4.28. The Bertz CT molecular complexity index is 809. The average molecular weight is 309 g/mol. The first kappa shape index (κ1) is 15.6. The van der Waals surface area contributed by atoms with E-state index >= 15 is 0 Å². The maximum absolute atomic E-state index is 10.6. The Morgan fingerprint density at radius 1 is 1.22 bits per heavy atom. The molecule has 1 unspecified atom stereocenters. The number of aliphatic hydroxyl groups excluding tert-OH is 1. The average Bonchev–Trinajstić information content (AvgIpc) is 2.93. The maximum atomic E-state index is 10.6. The van der Waals surface area contributed by atoms with Gasteiger partial charge in [-0.1, -0.05) is 18.2 Å². The van der Waals surface area contributed by atoms with Crippen molar-refractivity contribution in [3.63, 3.8) is 0 Å². The number of aliphatic hydroxyl groups is 1. The van der Waals surface area contributed by atoms with Crippen molar-refractivity contribution in [3.8, 4) is 0 Å². The molecule has 1 aromatic heterocycles. The fourth-order valence-corrected chi connectivity index (χ4v) is 2.92. The predicted octanol–water partition coefficient (Wildman–Crippen LogP) is 3.44. The molecular formula is C19H23N3O. The molecule has 0 aliphatic rings. The number of imidazole rings is 1. The number of fused-ring (bicyclic) bond motifs is 1. The molecular weight excluding hydrogens is 286 g/mol. The van der Waals surface area contributed by atoms with Crippen LogP contribution < -0.4 is 4.90 Å². The van der Waals surface area contributed by atoms with Gasteiger partial charge in [0, 0.05) is 25.8 Å². The van der Waals surface area contributed by atoms with E-state index in [9.17, 15) is 5.11 Å². The summed E-state index contributed by atoms with van der Waals surface area (Å²) in [5.41, 5.74) is 5.27. The lowest BCUT2D eigenvalue weighted by atomic mass is 10.1. The number of benzene rings is 2. The molecule has 0 radical (unpaired) electrons. The monoisotopic (exact) mass is 309 g/mol. The molecule has 1 heterocycles. The van der Waals surface area contributed by atoms with Gasteiger partial charge < -0.3 is 14.6 Å². The summed E-state index contributed by atoms with van der Waals surface area (Å²) < 4.78 is 1.98. The molecule has 3 rings (SSSR count). The normalized spacial score (nSPS) is 12.5. The largest absolute Gasteiger partial charge is 0.387 e. The predicted molar refractivity (Wildman–Crippen MR) is 94.7 cm³/mol. The van der Waals surface area contributed by atoms with Crippen molar-refractivity contribution >= 4 is 16.7 Å². The Labute approximate surface area is 137 Å². The van der Waals surface area contributed by atoms with E-state index in [-0.39, 0.29) is 0 Å². The van der Waals surface area contributed by atoms with Crippen LogP contribution in [0.4, 0.5) is 5.69 Å². The Morgan fingerprint density at radius 2 is 2.04 bits per heavy atom. The van der Waals surface area contributed by atoms with Crippen molar-refractivity contribution in [1.82, 2.24) is 9.55 Å². The quantitative estimate of drug-likeness (QED) is 0.785. The highest BCUT2D eigenvalue weighted by Crippen LogP contribution is 2.23. The van der Waals surface area contributed by atoms with E-state index in [1.165, 1.54) is 5.56 Å². The number of hydrogen-bond acceptors (Lipinski definition) is 3. The highest BCUT2D eigenvalue weighted by molar-refractivity contribution is 5.76. The third kappa shape index (κ3) is 3.22. The minimum atomic E-state index is -0.540. The molecule has 0 saturated carbocycles. The van der Waals surface area contributed by atoms with Gasteiger partial charge in [0.1, 0.15) is 0 Å². The third-order valence-corrected chi connectivity index (χ3v) is 4.28. The highest BCUT2D eigenvalue weighted by atomic mass is 16.3. The van der Waals surface area contributed by atoms with Gasteiger partial charge >= 0.3 is 0 Å². The summed E-state index contributed by atoms with van der Waals surface area (Å²) in [6, 6.07) is 14.4.